The van der Waals surface area contributed by atoms with Crippen molar-refractivity contribution in [3.63, 3.8) is 0 Å². The lowest BCUT2D eigenvalue weighted by molar-refractivity contribution is 0.102. The summed E-state index contributed by atoms with van der Waals surface area (Å²) < 4.78 is 16.2. The van der Waals surface area contributed by atoms with E-state index >= 15 is 0 Å². The molecule has 0 saturated heterocycles. The van der Waals surface area contributed by atoms with Crippen LogP contribution in [0.5, 0.6) is 17.2 Å². The molecule has 0 bridgehead atoms. The van der Waals surface area contributed by atoms with E-state index in [9.17, 15) is 4.79 Å². The third-order valence-corrected chi connectivity index (χ3v) is 4.01. The second kappa shape index (κ2) is 8.76. The van der Waals surface area contributed by atoms with Crippen molar-refractivity contribution in [1.82, 2.24) is 0 Å². The number of carbonyl (C=O) groups is 1. The molecule has 3 aromatic carbocycles. The van der Waals surface area contributed by atoms with Crippen LogP contribution in [0.25, 0.3) is 0 Å². The highest BCUT2D eigenvalue weighted by molar-refractivity contribution is 6.06. The Labute approximate surface area is 158 Å². The molecule has 3 aromatic rings. The highest BCUT2D eigenvalue weighted by Gasteiger charge is 2.13. The van der Waals surface area contributed by atoms with Gasteiger partial charge in [-0.2, -0.15) is 0 Å². The van der Waals surface area contributed by atoms with Crippen LogP contribution in [0.1, 0.15) is 15.9 Å². The summed E-state index contributed by atoms with van der Waals surface area (Å²) >= 11 is 0. The zero-order valence-corrected chi connectivity index (χ0v) is 15.3. The quantitative estimate of drug-likeness (QED) is 0.670. The third-order valence-electron chi connectivity index (χ3n) is 4.01. The van der Waals surface area contributed by atoms with Gasteiger partial charge in [0.2, 0.25) is 0 Å². The number of amides is 1. The summed E-state index contributed by atoms with van der Waals surface area (Å²) in [6.07, 6.45) is 0. The summed E-state index contributed by atoms with van der Waals surface area (Å²) in [6, 6.07) is 22.3. The summed E-state index contributed by atoms with van der Waals surface area (Å²) in [6.45, 7) is 0.496. The minimum Gasteiger partial charge on any atom is -0.497 e. The fourth-order valence-corrected chi connectivity index (χ4v) is 2.56. The molecule has 0 saturated carbocycles. The lowest BCUT2D eigenvalue weighted by Crippen LogP contribution is -2.13. The van der Waals surface area contributed by atoms with Crippen molar-refractivity contribution in [2.45, 2.75) is 6.61 Å². The van der Waals surface area contributed by atoms with Crippen LogP contribution in [0.4, 0.5) is 5.69 Å². The van der Waals surface area contributed by atoms with Gasteiger partial charge in [0.15, 0.2) is 0 Å². The fourth-order valence-electron chi connectivity index (χ4n) is 2.56. The van der Waals surface area contributed by atoms with Crippen LogP contribution in [0.3, 0.4) is 0 Å². The Hall–Kier alpha value is -3.47. The van der Waals surface area contributed by atoms with Gasteiger partial charge in [-0.05, 0) is 42.0 Å². The van der Waals surface area contributed by atoms with E-state index in [-0.39, 0.29) is 5.91 Å². The van der Waals surface area contributed by atoms with Crippen molar-refractivity contribution < 1.29 is 19.0 Å². The van der Waals surface area contributed by atoms with Gasteiger partial charge < -0.3 is 19.5 Å². The number of hydrogen-bond acceptors (Lipinski definition) is 4. The minimum atomic E-state index is -0.257. The Balaban J connectivity index is 1.63. The second-order valence-corrected chi connectivity index (χ2v) is 5.82. The molecule has 1 amide bonds. The van der Waals surface area contributed by atoms with E-state index in [1.807, 2.05) is 42.5 Å². The Morgan fingerprint density at radius 1 is 0.852 bits per heavy atom. The summed E-state index contributed by atoms with van der Waals surface area (Å²) in [7, 11) is 3.08. The van der Waals surface area contributed by atoms with E-state index in [2.05, 4.69) is 5.32 Å². The maximum Gasteiger partial charge on any atom is 0.259 e. The largest absolute Gasteiger partial charge is 0.497 e. The average Bonchev–Trinajstić information content (AvgIpc) is 2.73. The number of hydrogen-bond donors (Lipinski definition) is 1. The highest BCUT2D eigenvalue weighted by Crippen LogP contribution is 2.26. The molecule has 0 aromatic heterocycles. The Morgan fingerprint density at radius 2 is 1.56 bits per heavy atom. The highest BCUT2D eigenvalue weighted by atomic mass is 16.5. The number of rotatable bonds is 7. The summed E-state index contributed by atoms with van der Waals surface area (Å²) in [5.41, 5.74) is 2.20. The number of benzene rings is 3. The maximum atomic E-state index is 12.5. The minimum absolute atomic E-state index is 0.257. The molecule has 0 aliphatic heterocycles. The number of anilines is 1. The SMILES string of the molecule is COc1ccc(C(=O)Nc2ccc(OCc3ccccc3)cc2)c(OC)c1. The molecule has 5 heteroatoms. The second-order valence-electron chi connectivity index (χ2n) is 5.82. The Bertz CT molecular complexity index is 892. The van der Waals surface area contributed by atoms with Crippen LogP contribution in [0, 0.1) is 0 Å². The van der Waals surface area contributed by atoms with Gasteiger partial charge in [-0.15, -0.1) is 0 Å². The number of nitrogens with one attached hydrogen (secondary N) is 1. The first-order valence-corrected chi connectivity index (χ1v) is 8.50. The van der Waals surface area contributed by atoms with E-state index < -0.39 is 0 Å². The monoisotopic (exact) mass is 363 g/mol. The molecule has 0 spiro atoms. The van der Waals surface area contributed by atoms with E-state index in [0.29, 0.717) is 29.4 Å². The van der Waals surface area contributed by atoms with Gasteiger partial charge in [0, 0.05) is 11.8 Å². The fraction of sp³-hybridized carbons (Fsp3) is 0.136. The molecule has 1 N–H and O–H groups in total. The van der Waals surface area contributed by atoms with Gasteiger partial charge in [-0.1, -0.05) is 30.3 Å². The first kappa shape index (κ1) is 18.3. The molecule has 138 valence electrons. The van der Waals surface area contributed by atoms with Crippen molar-refractivity contribution in [3.8, 4) is 17.2 Å². The first-order chi connectivity index (χ1) is 13.2. The van der Waals surface area contributed by atoms with Gasteiger partial charge >= 0.3 is 0 Å². The van der Waals surface area contributed by atoms with Crippen LogP contribution in [-0.2, 0) is 6.61 Å². The lowest BCUT2D eigenvalue weighted by atomic mass is 10.1. The lowest BCUT2D eigenvalue weighted by Gasteiger charge is -2.11. The zero-order valence-electron chi connectivity index (χ0n) is 15.3. The molecule has 3 rings (SSSR count). The van der Waals surface area contributed by atoms with Crippen LogP contribution in [0.15, 0.2) is 72.8 Å². The van der Waals surface area contributed by atoms with E-state index in [4.69, 9.17) is 14.2 Å². The average molecular weight is 363 g/mol. The zero-order chi connectivity index (χ0) is 19.1. The number of methoxy groups -OCH3 is 2. The topological polar surface area (TPSA) is 56.8 Å². The van der Waals surface area contributed by atoms with Crippen molar-refractivity contribution in [3.05, 3.63) is 83.9 Å². The van der Waals surface area contributed by atoms with Crippen LogP contribution in [0.2, 0.25) is 0 Å². The number of ether oxygens (including phenoxy) is 3. The molecule has 0 heterocycles. The molecule has 0 fully saturated rings. The van der Waals surface area contributed by atoms with Crippen LogP contribution >= 0.6 is 0 Å². The molecule has 27 heavy (non-hydrogen) atoms. The van der Waals surface area contributed by atoms with Gasteiger partial charge in [-0.3, -0.25) is 4.79 Å². The van der Waals surface area contributed by atoms with Gasteiger partial charge in [0.25, 0.3) is 5.91 Å². The Kier molecular flexibility index (Phi) is 5.94. The maximum absolute atomic E-state index is 12.5. The van der Waals surface area contributed by atoms with Gasteiger partial charge in [-0.25, -0.2) is 0 Å². The van der Waals surface area contributed by atoms with Crippen molar-refractivity contribution in [1.29, 1.82) is 0 Å². The van der Waals surface area contributed by atoms with E-state index in [0.717, 1.165) is 11.3 Å². The third kappa shape index (κ3) is 4.79. The predicted octanol–water partition coefficient (Wildman–Crippen LogP) is 4.54. The normalized spacial score (nSPS) is 10.1. The standard InChI is InChI=1S/C22H21NO4/c1-25-19-12-13-20(21(14-19)26-2)22(24)23-17-8-10-18(11-9-17)27-15-16-6-4-3-5-7-16/h3-14H,15H2,1-2H3,(H,23,24). The smallest absolute Gasteiger partial charge is 0.259 e. The summed E-state index contributed by atoms with van der Waals surface area (Å²) in [5, 5.41) is 2.86. The Morgan fingerprint density at radius 3 is 2.22 bits per heavy atom. The molecule has 0 atom stereocenters. The van der Waals surface area contributed by atoms with Crippen molar-refractivity contribution in [2.75, 3.05) is 19.5 Å². The van der Waals surface area contributed by atoms with Crippen molar-refractivity contribution >= 4 is 11.6 Å². The van der Waals surface area contributed by atoms with Crippen molar-refractivity contribution in [2.24, 2.45) is 0 Å². The van der Waals surface area contributed by atoms with E-state index in [1.165, 1.54) is 7.11 Å². The molecule has 0 radical (unpaired) electrons. The molecular weight excluding hydrogens is 342 g/mol. The van der Waals surface area contributed by atoms with Gasteiger partial charge in [0.05, 0.1) is 19.8 Å². The first-order valence-electron chi connectivity index (χ1n) is 8.50. The van der Waals surface area contributed by atoms with E-state index in [1.54, 1.807) is 37.4 Å². The summed E-state index contributed by atoms with van der Waals surface area (Å²) in [5.74, 6) is 1.56. The summed E-state index contributed by atoms with van der Waals surface area (Å²) in [4.78, 5) is 12.5. The molecular formula is C22H21NO4. The molecule has 0 aliphatic carbocycles. The predicted molar refractivity (Wildman–Crippen MR) is 105 cm³/mol. The van der Waals surface area contributed by atoms with Crippen LogP contribution in [-0.4, -0.2) is 20.1 Å². The molecule has 0 aliphatic rings. The number of carbonyl (C=O) groups excluding carboxylic acids is 1. The van der Waals surface area contributed by atoms with Crippen LogP contribution < -0.4 is 19.5 Å². The molecule has 0 unspecified atom stereocenters. The molecule has 5 nitrogen and oxygen atoms in total. The van der Waals surface area contributed by atoms with Gasteiger partial charge in [0.1, 0.15) is 23.9 Å².